The van der Waals surface area contributed by atoms with Crippen molar-refractivity contribution in [2.24, 2.45) is 17.8 Å². The van der Waals surface area contributed by atoms with Crippen molar-refractivity contribution in [1.82, 2.24) is 16.0 Å². The molecule has 15 heteroatoms. The topological polar surface area (TPSA) is 199 Å². The van der Waals surface area contributed by atoms with Gasteiger partial charge >= 0.3 is 5.97 Å². The second-order valence-corrected chi connectivity index (χ2v) is 21.2. The number of rotatable bonds is 14. The van der Waals surface area contributed by atoms with Crippen molar-refractivity contribution in [3.63, 3.8) is 0 Å². The quantitative estimate of drug-likeness (QED) is 0.0927. The van der Waals surface area contributed by atoms with E-state index < -0.39 is 95.5 Å². The molecule has 0 amide bonds. The lowest BCUT2D eigenvalue weighted by Gasteiger charge is -2.53. The molecule has 1 aromatic carbocycles. The Morgan fingerprint density at radius 1 is 0.894 bits per heavy atom. The van der Waals surface area contributed by atoms with Gasteiger partial charge in [-0.15, -0.1) is 0 Å². The van der Waals surface area contributed by atoms with Gasteiger partial charge in [0.05, 0.1) is 42.0 Å². The molecule has 1 aliphatic carbocycles. The third-order valence-corrected chi connectivity index (χ3v) is 15.4. The third kappa shape index (κ3) is 13.0. The average Bonchev–Trinajstić information content (AvgIpc) is 3.28. The van der Waals surface area contributed by atoms with Gasteiger partial charge in [-0.3, -0.25) is 4.79 Å². The van der Waals surface area contributed by atoms with E-state index in [0.29, 0.717) is 31.3 Å². The first-order valence-corrected chi connectivity index (χ1v) is 25.2. The predicted octanol–water partition coefficient (Wildman–Crippen LogP) is 5.38. The maximum Gasteiger partial charge on any atom is 0.311 e. The van der Waals surface area contributed by atoms with Gasteiger partial charge in [0.2, 0.25) is 0 Å². The fourth-order valence-electron chi connectivity index (χ4n) is 11.2. The normalized spacial score (nSPS) is 43.9. The zero-order valence-electron chi connectivity index (χ0n) is 42.3. The predicted molar refractivity (Wildman–Crippen MR) is 253 cm³/mol. The van der Waals surface area contributed by atoms with E-state index in [-0.39, 0.29) is 43.9 Å². The van der Waals surface area contributed by atoms with Crippen molar-refractivity contribution >= 4 is 5.97 Å². The number of ether oxygens (including phenoxy) is 7. The number of aliphatic hydroxyl groups is 4. The van der Waals surface area contributed by atoms with Crippen molar-refractivity contribution in [1.29, 1.82) is 0 Å². The van der Waals surface area contributed by atoms with Crippen molar-refractivity contribution < 1.29 is 58.4 Å². The Labute approximate surface area is 396 Å². The lowest BCUT2D eigenvalue weighted by atomic mass is 9.75. The van der Waals surface area contributed by atoms with E-state index in [1.54, 1.807) is 41.7 Å². The number of cyclic esters (lactones) is 1. The van der Waals surface area contributed by atoms with Crippen LogP contribution in [0.15, 0.2) is 30.3 Å². The standard InChI is InChI=1S/C51H89N3O12/c1-13-25-52-30-51(59)36(8)62-41(28-49(51,10)60-12)65-42-33(5)45(48(9,57)27-31(3)29-53-35(7)44(55)50(11,58)40(14-2)64-46(56)34(42)6)66-47-43(63-38-23-19-16-20-24-38)39(26-32(4)61-47)54-37-21-17-15-18-22-37/h16,19-20,23-24,31-37,39-45,47,52-55,57-59H,13-15,17-18,21-22,25-30H2,1-12H3/t31-,32-,33+,34-,35-,36+,39+,40-,41+,42+,43-,44-,45-,47+,48-,49-,50-,51+/m1/s1. The van der Waals surface area contributed by atoms with Crippen LogP contribution in [0.3, 0.4) is 0 Å². The second kappa shape index (κ2) is 23.7. The Morgan fingerprint density at radius 2 is 1.58 bits per heavy atom. The molecule has 3 heterocycles. The molecule has 0 radical (unpaired) electrons. The first-order valence-electron chi connectivity index (χ1n) is 25.2. The highest BCUT2D eigenvalue weighted by molar-refractivity contribution is 5.73. The van der Waals surface area contributed by atoms with E-state index in [2.05, 4.69) is 22.9 Å². The summed E-state index contributed by atoms with van der Waals surface area (Å²) >= 11 is 0. The molecular formula is C51H89N3O12. The molecule has 15 nitrogen and oxygen atoms in total. The molecular weight excluding hydrogens is 847 g/mol. The Bertz CT molecular complexity index is 1620. The fourth-order valence-corrected chi connectivity index (χ4v) is 11.2. The molecule has 66 heavy (non-hydrogen) atoms. The first-order chi connectivity index (χ1) is 31.1. The van der Waals surface area contributed by atoms with Gasteiger partial charge < -0.3 is 69.5 Å². The van der Waals surface area contributed by atoms with Gasteiger partial charge in [0.1, 0.15) is 34.8 Å². The zero-order valence-corrected chi connectivity index (χ0v) is 42.3. The van der Waals surface area contributed by atoms with Crippen molar-refractivity contribution in [2.75, 3.05) is 26.7 Å². The molecule has 0 spiro atoms. The third-order valence-electron chi connectivity index (χ3n) is 15.4. The SMILES string of the molecule is CCCNC[C@]1(O)[C@H](C)O[C@@H](O[C@H]2[C@H](C)[C@@H](O[C@@H]3O[C@H](C)C[C@H](NC4CCCCC4)[C@H]3Oc3ccccc3)[C@](C)(O)C[C@@H](C)CN[C@H](C)[C@@H](O)[C@](C)(O)[C@@H](CC)OC(=O)[C@@H]2C)C[C@@]1(C)OC. The van der Waals surface area contributed by atoms with Crippen LogP contribution < -0.4 is 20.7 Å². The smallest absolute Gasteiger partial charge is 0.311 e. The van der Waals surface area contributed by atoms with Crippen molar-refractivity contribution in [2.45, 2.75) is 236 Å². The second-order valence-electron chi connectivity index (χ2n) is 21.2. The van der Waals surface area contributed by atoms with Gasteiger partial charge in [-0.25, -0.2) is 0 Å². The van der Waals surface area contributed by atoms with E-state index in [1.165, 1.54) is 13.3 Å². The number of hydrogen-bond acceptors (Lipinski definition) is 15. The molecule has 4 fully saturated rings. The maximum absolute atomic E-state index is 14.7. The highest BCUT2D eigenvalue weighted by Gasteiger charge is 2.58. The monoisotopic (exact) mass is 936 g/mol. The summed E-state index contributed by atoms with van der Waals surface area (Å²) in [7, 11) is 1.56. The Balaban J connectivity index is 1.60. The summed E-state index contributed by atoms with van der Waals surface area (Å²) in [6.07, 6.45) is -0.169. The lowest BCUT2D eigenvalue weighted by Crippen LogP contribution is -2.70. The molecule has 4 aliphatic rings. The van der Waals surface area contributed by atoms with Gasteiger partial charge in [0.25, 0.3) is 0 Å². The number of nitrogens with one attached hydrogen (secondary N) is 3. The maximum atomic E-state index is 14.7. The van der Waals surface area contributed by atoms with Crippen LogP contribution in [0, 0.1) is 17.8 Å². The number of carbonyl (C=O) groups excluding carboxylic acids is 1. The molecule has 0 bridgehead atoms. The number of para-hydroxylation sites is 1. The molecule has 0 unspecified atom stereocenters. The van der Waals surface area contributed by atoms with E-state index in [9.17, 15) is 25.2 Å². The summed E-state index contributed by atoms with van der Waals surface area (Å²) in [4.78, 5) is 14.7. The van der Waals surface area contributed by atoms with E-state index in [4.69, 9.17) is 33.2 Å². The number of aliphatic hydroxyl groups excluding tert-OH is 1. The van der Waals surface area contributed by atoms with Gasteiger partial charge in [-0.05, 0) is 118 Å². The van der Waals surface area contributed by atoms with Crippen molar-refractivity contribution in [3.8, 4) is 5.75 Å². The zero-order chi connectivity index (χ0) is 48.6. The van der Waals surface area contributed by atoms with Crippen LogP contribution >= 0.6 is 0 Å². The number of methoxy groups -OCH3 is 1. The Kier molecular flexibility index (Phi) is 19.8. The molecule has 380 valence electrons. The van der Waals surface area contributed by atoms with Crippen LogP contribution in [0.25, 0.3) is 0 Å². The van der Waals surface area contributed by atoms with E-state index in [0.717, 1.165) is 32.1 Å². The summed E-state index contributed by atoms with van der Waals surface area (Å²) in [5, 5.41) is 59.3. The minimum atomic E-state index is -1.82. The van der Waals surface area contributed by atoms with Gasteiger partial charge in [0, 0.05) is 38.1 Å². The molecule has 3 aliphatic heterocycles. The molecule has 0 aromatic heterocycles. The minimum Gasteiger partial charge on any atom is -0.483 e. The van der Waals surface area contributed by atoms with Gasteiger partial charge in [-0.2, -0.15) is 0 Å². The van der Waals surface area contributed by atoms with Crippen LogP contribution in [-0.4, -0.2) is 149 Å². The first kappa shape index (κ1) is 54.9. The number of hydrogen-bond donors (Lipinski definition) is 7. The van der Waals surface area contributed by atoms with Gasteiger partial charge in [-0.1, -0.05) is 65.2 Å². The molecule has 3 saturated heterocycles. The van der Waals surface area contributed by atoms with E-state index in [1.807, 2.05) is 58.0 Å². The van der Waals surface area contributed by atoms with Crippen molar-refractivity contribution in [3.05, 3.63) is 30.3 Å². The molecule has 18 atom stereocenters. The summed E-state index contributed by atoms with van der Waals surface area (Å²) in [6.45, 7) is 21.5. The van der Waals surface area contributed by atoms with Gasteiger partial charge in [0.15, 0.2) is 18.7 Å². The summed E-state index contributed by atoms with van der Waals surface area (Å²) < 4.78 is 46.7. The van der Waals surface area contributed by atoms with Crippen LogP contribution in [0.2, 0.25) is 0 Å². The van der Waals surface area contributed by atoms with Crippen LogP contribution in [0.1, 0.15) is 140 Å². The number of esters is 1. The minimum absolute atomic E-state index is 0.106. The Hall–Kier alpha value is -1.99. The average molecular weight is 936 g/mol. The van der Waals surface area contributed by atoms with Crippen LogP contribution in [0.4, 0.5) is 0 Å². The fraction of sp³-hybridized carbons (Fsp3) is 0.863. The Morgan fingerprint density at radius 3 is 2.21 bits per heavy atom. The molecule has 7 N–H and O–H groups in total. The highest BCUT2D eigenvalue weighted by atomic mass is 16.7. The number of benzene rings is 1. The molecule has 1 saturated carbocycles. The number of carbonyl (C=O) groups is 1. The van der Waals surface area contributed by atoms with Crippen LogP contribution in [0.5, 0.6) is 5.75 Å². The molecule has 1 aromatic rings. The van der Waals surface area contributed by atoms with E-state index >= 15 is 0 Å². The lowest BCUT2D eigenvalue weighted by molar-refractivity contribution is -0.335. The highest BCUT2D eigenvalue weighted by Crippen LogP contribution is 2.43. The summed E-state index contributed by atoms with van der Waals surface area (Å²) in [5.74, 6) is -1.94. The van der Waals surface area contributed by atoms with Crippen LogP contribution in [-0.2, 0) is 33.2 Å². The summed E-state index contributed by atoms with van der Waals surface area (Å²) in [6, 6.07) is 9.22. The molecule has 5 rings (SSSR count). The summed E-state index contributed by atoms with van der Waals surface area (Å²) in [5.41, 5.74) is -5.95. The largest absolute Gasteiger partial charge is 0.483 e.